The number of amides is 2. The number of nitrogens with one attached hydrogen (secondary N) is 2. The van der Waals surface area contributed by atoms with Crippen molar-refractivity contribution in [3.63, 3.8) is 0 Å². The summed E-state index contributed by atoms with van der Waals surface area (Å²) in [5.74, 6) is -0.954. The van der Waals surface area contributed by atoms with E-state index in [1.165, 1.54) is 23.3 Å². The average Bonchev–Trinajstić information content (AvgIpc) is 2.60. The molecule has 5 heteroatoms. The van der Waals surface area contributed by atoms with Crippen molar-refractivity contribution < 1.29 is 14.7 Å². The first-order valence-electron chi connectivity index (χ1n) is 8.05. The molecule has 2 aromatic rings. The van der Waals surface area contributed by atoms with Gasteiger partial charge in [0.25, 0.3) is 0 Å². The van der Waals surface area contributed by atoms with Gasteiger partial charge >= 0.3 is 12.0 Å². The third-order valence-electron chi connectivity index (χ3n) is 4.34. The van der Waals surface area contributed by atoms with Gasteiger partial charge in [0, 0.05) is 12.6 Å². The Labute approximate surface area is 140 Å². The molecule has 2 amide bonds. The number of hydrogen-bond donors (Lipinski definition) is 3. The summed E-state index contributed by atoms with van der Waals surface area (Å²) in [5, 5.41) is 14.7. The second-order valence-corrected chi connectivity index (χ2v) is 6.04. The van der Waals surface area contributed by atoms with Crippen LogP contribution in [0.25, 0.3) is 0 Å². The van der Waals surface area contributed by atoms with Crippen LogP contribution in [0.4, 0.5) is 4.79 Å². The molecule has 0 fully saturated rings. The van der Waals surface area contributed by atoms with Crippen LogP contribution in [0.15, 0.2) is 48.5 Å². The Kier molecular flexibility index (Phi) is 4.79. The summed E-state index contributed by atoms with van der Waals surface area (Å²) >= 11 is 0. The maximum absolute atomic E-state index is 12.1. The molecule has 0 aliphatic heterocycles. The van der Waals surface area contributed by atoms with Crippen molar-refractivity contribution in [3.8, 4) is 0 Å². The van der Waals surface area contributed by atoms with Gasteiger partial charge in [-0.3, -0.25) is 0 Å². The summed E-state index contributed by atoms with van der Waals surface area (Å²) in [6, 6.07) is 14.8. The Hall–Kier alpha value is -2.82. The van der Waals surface area contributed by atoms with E-state index in [-0.39, 0.29) is 17.6 Å². The molecule has 3 rings (SSSR count). The first-order valence-corrected chi connectivity index (χ1v) is 8.05. The number of carbonyl (C=O) groups excluding carboxylic acids is 1. The van der Waals surface area contributed by atoms with E-state index in [0.717, 1.165) is 24.8 Å². The lowest BCUT2D eigenvalue weighted by Gasteiger charge is -2.25. The van der Waals surface area contributed by atoms with Gasteiger partial charge in [0.15, 0.2) is 0 Å². The summed E-state index contributed by atoms with van der Waals surface area (Å²) in [6.45, 7) is 0.370. The molecule has 1 atom stereocenters. The van der Waals surface area contributed by atoms with Crippen LogP contribution in [-0.2, 0) is 19.4 Å². The number of fused-ring (bicyclic) bond motifs is 1. The highest BCUT2D eigenvalue weighted by Gasteiger charge is 2.19. The average molecular weight is 324 g/mol. The topological polar surface area (TPSA) is 78.4 Å². The van der Waals surface area contributed by atoms with Crippen LogP contribution in [-0.4, -0.2) is 23.1 Å². The summed E-state index contributed by atoms with van der Waals surface area (Å²) in [7, 11) is 0. The minimum atomic E-state index is -0.954. The quantitative estimate of drug-likeness (QED) is 0.809. The molecule has 0 radical (unpaired) electrons. The fourth-order valence-electron chi connectivity index (χ4n) is 3.00. The van der Waals surface area contributed by atoms with Crippen LogP contribution in [0.5, 0.6) is 0 Å². The lowest BCUT2D eigenvalue weighted by Crippen LogP contribution is -2.44. The SMILES string of the molecule is O=C(NCc1ccc(C(=O)O)cc1)NC1CCc2ccccc2C1. The van der Waals surface area contributed by atoms with Crippen molar-refractivity contribution >= 4 is 12.0 Å². The highest BCUT2D eigenvalue weighted by atomic mass is 16.4. The van der Waals surface area contributed by atoms with Gasteiger partial charge in [0.05, 0.1) is 5.56 Å². The normalized spacial score (nSPS) is 16.1. The maximum atomic E-state index is 12.1. The van der Waals surface area contributed by atoms with Crippen molar-refractivity contribution in [1.29, 1.82) is 0 Å². The van der Waals surface area contributed by atoms with Gasteiger partial charge in [0.2, 0.25) is 0 Å². The maximum Gasteiger partial charge on any atom is 0.335 e. The van der Waals surface area contributed by atoms with Crippen LogP contribution < -0.4 is 10.6 Å². The number of aromatic carboxylic acids is 1. The largest absolute Gasteiger partial charge is 0.478 e. The van der Waals surface area contributed by atoms with E-state index in [0.29, 0.717) is 6.54 Å². The molecule has 1 unspecified atom stereocenters. The first kappa shape index (κ1) is 16.1. The van der Waals surface area contributed by atoms with E-state index in [1.54, 1.807) is 12.1 Å². The molecule has 124 valence electrons. The second kappa shape index (κ2) is 7.17. The van der Waals surface area contributed by atoms with E-state index in [2.05, 4.69) is 28.8 Å². The number of carboxylic acid groups (broad SMARTS) is 1. The fourth-order valence-corrected chi connectivity index (χ4v) is 3.00. The number of aryl methyl sites for hydroxylation is 1. The number of rotatable bonds is 4. The molecule has 3 N–H and O–H groups in total. The van der Waals surface area contributed by atoms with Crippen molar-refractivity contribution in [2.45, 2.75) is 31.8 Å². The van der Waals surface area contributed by atoms with Crippen molar-refractivity contribution in [3.05, 3.63) is 70.8 Å². The number of benzene rings is 2. The third-order valence-corrected chi connectivity index (χ3v) is 4.34. The van der Waals surface area contributed by atoms with Crippen LogP contribution in [0, 0.1) is 0 Å². The minimum absolute atomic E-state index is 0.147. The van der Waals surface area contributed by atoms with Crippen molar-refractivity contribution in [2.24, 2.45) is 0 Å². The van der Waals surface area contributed by atoms with Gasteiger partial charge in [0.1, 0.15) is 0 Å². The third kappa shape index (κ3) is 3.93. The summed E-state index contributed by atoms with van der Waals surface area (Å²) in [6.07, 6.45) is 2.78. The van der Waals surface area contributed by atoms with E-state index in [9.17, 15) is 9.59 Å². The first-order chi connectivity index (χ1) is 11.6. The van der Waals surface area contributed by atoms with E-state index < -0.39 is 5.97 Å². The Morgan fingerprint density at radius 1 is 1.04 bits per heavy atom. The predicted molar refractivity (Wildman–Crippen MR) is 91.0 cm³/mol. The smallest absolute Gasteiger partial charge is 0.335 e. The van der Waals surface area contributed by atoms with Gasteiger partial charge in [-0.25, -0.2) is 9.59 Å². The van der Waals surface area contributed by atoms with Gasteiger partial charge in [-0.2, -0.15) is 0 Å². The zero-order chi connectivity index (χ0) is 16.9. The Morgan fingerprint density at radius 2 is 1.75 bits per heavy atom. The highest BCUT2D eigenvalue weighted by Crippen LogP contribution is 2.20. The van der Waals surface area contributed by atoms with Crippen LogP contribution in [0.1, 0.15) is 33.5 Å². The fraction of sp³-hybridized carbons (Fsp3) is 0.263. The molecule has 0 aromatic heterocycles. The zero-order valence-electron chi connectivity index (χ0n) is 13.3. The molecule has 0 heterocycles. The molecule has 0 spiro atoms. The highest BCUT2D eigenvalue weighted by molar-refractivity contribution is 5.87. The van der Waals surface area contributed by atoms with Crippen molar-refractivity contribution in [2.75, 3.05) is 0 Å². The second-order valence-electron chi connectivity index (χ2n) is 6.04. The standard InChI is InChI=1S/C19H20N2O3/c22-18(23)15-7-5-13(6-8-15)12-20-19(24)21-17-10-9-14-3-1-2-4-16(14)11-17/h1-8,17H,9-12H2,(H,22,23)(H2,20,21,24). The van der Waals surface area contributed by atoms with E-state index in [1.807, 2.05) is 6.07 Å². The Balaban J connectivity index is 1.49. The molecule has 1 aliphatic rings. The lowest BCUT2D eigenvalue weighted by atomic mass is 9.88. The van der Waals surface area contributed by atoms with Gasteiger partial charge in [-0.15, -0.1) is 0 Å². The van der Waals surface area contributed by atoms with Gasteiger partial charge < -0.3 is 15.7 Å². The van der Waals surface area contributed by atoms with Gasteiger partial charge in [-0.05, 0) is 48.1 Å². The number of carbonyl (C=O) groups is 2. The summed E-state index contributed by atoms with van der Waals surface area (Å²) in [4.78, 5) is 22.9. The molecule has 24 heavy (non-hydrogen) atoms. The minimum Gasteiger partial charge on any atom is -0.478 e. The zero-order valence-corrected chi connectivity index (χ0v) is 13.3. The monoisotopic (exact) mass is 324 g/mol. The molecule has 2 aromatic carbocycles. The predicted octanol–water partition coefficient (Wildman–Crippen LogP) is 2.74. The number of urea groups is 1. The van der Waals surface area contributed by atoms with Crippen LogP contribution in [0.3, 0.4) is 0 Å². The van der Waals surface area contributed by atoms with Crippen molar-refractivity contribution in [1.82, 2.24) is 10.6 Å². The Bertz CT molecular complexity index is 741. The molecule has 5 nitrogen and oxygen atoms in total. The summed E-state index contributed by atoms with van der Waals surface area (Å²) < 4.78 is 0. The van der Waals surface area contributed by atoms with Crippen LogP contribution >= 0.6 is 0 Å². The summed E-state index contributed by atoms with van der Waals surface area (Å²) in [5.41, 5.74) is 3.78. The lowest BCUT2D eigenvalue weighted by molar-refractivity contribution is 0.0697. The van der Waals surface area contributed by atoms with Crippen LogP contribution in [0.2, 0.25) is 0 Å². The molecule has 0 saturated heterocycles. The van der Waals surface area contributed by atoms with E-state index >= 15 is 0 Å². The molecule has 0 bridgehead atoms. The molecule has 1 aliphatic carbocycles. The molecular weight excluding hydrogens is 304 g/mol. The van der Waals surface area contributed by atoms with Gasteiger partial charge in [-0.1, -0.05) is 36.4 Å². The molecular formula is C19H20N2O3. The number of hydrogen-bond acceptors (Lipinski definition) is 2. The number of carboxylic acids is 1. The Morgan fingerprint density at radius 3 is 2.46 bits per heavy atom. The van der Waals surface area contributed by atoms with E-state index in [4.69, 9.17) is 5.11 Å². The molecule has 0 saturated carbocycles.